The SMILES string of the molecule is Cc1ccnc(Cl)c1NC1CCC(c2ccccc2)CC1. The van der Waals surface area contributed by atoms with Gasteiger partial charge in [-0.05, 0) is 55.7 Å². The zero-order valence-electron chi connectivity index (χ0n) is 12.3. The second kappa shape index (κ2) is 6.48. The Kier molecular flexibility index (Phi) is 4.45. The van der Waals surface area contributed by atoms with Crippen molar-refractivity contribution in [2.75, 3.05) is 5.32 Å². The van der Waals surface area contributed by atoms with Crippen LogP contribution in [0.2, 0.25) is 5.15 Å². The molecule has 2 aromatic rings. The molecule has 1 saturated carbocycles. The number of rotatable bonds is 3. The second-order valence-corrected chi connectivity index (χ2v) is 6.26. The summed E-state index contributed by atoms with van der Waals surface area (Å²) in [5, 5.41) is 4.18. The van der Waals surface area contributed by atoms with Crippen molar-refractivity contribution in [2.45, 2.75) is 44.6 Å². The fraction of sp³-hybridized carbons (Fsp3) is 0.389. The molecule has 1 fully saturated rings. The van der Waals surface area contributed by atoms with Gasteiger partial charge in [-0.15, -0.1) is 0 Å². The Bertz CT molecular complexity index is 569. The number of pyridine rings is 1. The maximum absolute atomic E-state index is 6.20. The van der Waals surface area contributed by atoms with Crippen molar-refractivity contribution < 1.29 is 0 Å². The van der Waals surface area contributed by atoms with Crippen molar-refractivity contribution >= 4 is 17.3 Å². The predicted molar refractivity (Wildman–Crippen MR) is 89.0 cm³/mol. The monoisotopic (exact) mass is 300 g/mol. The summed E-state index contributed by atoms with van der Waals surface area (Å²) in [6.45, 7) is 2.07. The van der Waals surface area contributed by atoms with Gasteiger partial charge in [-0.3, -0.25) is 0 Å². The topological polar surface area (TPSA) is 24.9 Å². The van der Waals surface area contributed by atoms with Crippen LogP contribution in [0.3, 0.4) is 0 Å². The molecule has 1 aliphatic carbocycles. The van der Waals surface area contributed by atoms with E-state index in [0.717, 1.165) is 5.69 Å². The van der Waals surface area contributed by atoms with E-state index >= 15 is 0 Å². The summed E-state index contributed by atoms with van der Waals surface area (Å²) in [7, 11) is 0. The summed E-state index contributed by atoms with van der Waals surface area (Å²) in [5.74, 6) is 0.703. The number of nitrogens with one attached hydrogen (secondary N) is 1. The molecule has 0 unspecified atom stereocenters. The molecule has 1 heterocycles. The van der Waals surface area contributed by atoms with Crippen LogP contribution in [-0.4, -0.2) is 11.0 Å². The van der Waals surface area contributed by atoms with Gasteiger partial charge >= 0.3 is 0 Å². The van der Waals surface area contributed by atoms with E-state index in [1.54, 1.807) is 6.20 Å². The van der Waals surface area contributed by atoms with Gasteiger partial charge in [-0.2, -0.15) is 0 Å². The summed E-state index contributed by atoms with van der Waals surface area (Å²) in [6, 6.07) is 13.4. The van der Waals surface area contributed by atoms with Gasteiger partial charge in [0.05, 0.1) is 5.69 Å². The first kappa shape index (κ1) is 14.4. The molecule has 0 radical (unpaired) electrons. The summed E-state index contributed by atoms with van der Waals surface area (Å²) >= 11 is 6.20. The summed E-state index contributed by atoms with van der Waals surface area (Å²) in [5.41, 5.74) is 3.65. The van der Waals surface area contributed by atoms with E-state index in [4.69, 9.17) is 11.6 Å². The lowest BCUT2D eigenvalue weighted by Crippen LogP contribution is -2.26. The third-order valence-corrected chi connectivity index (χ3v) is 4.75. The van der Waals surface area contributed by atoms with Crippen LogP contribution >= 0.6 is 11.6 Å². The number of benzene rings is 1. The average Bonchev–Trinajstić information content (AvgIpc) is 2.53. The number of anilines is 1. The zero-order valence-corrected chi connectivity index (χ0v) is 13.1. The zero-order chi connectivity index (χ0) is 14.7. The van der Waals surface area contributed by atoms with E-state index in [9.17, 15) is 0 Å². The van der Waals surface area contributed by atoms with Crippen LogP contribution in [-0.2, 0) is 0 Å². The van der Waals surface area contributed by atoms with Gasteiger partial charge in [0.25, 0.3) is 0 Å². The fourth-order valence-electron chi connectivity index (χ4n) is 3.20. The van der Waals surface area contributed by atoms with Crippen LogP contribution < -0.4 is 5.32 Å². The molecule has 3 heteroatoms. The molecule has 110 valence electrons. The molecule has 0 amide bonds. The number of hydrogen-bond acceptors (Lipinski definition) is 2. The van der Waals surface area contributed by atoms with Gasteiger partial charge < -0.3 is 5.32 Å². The Labute approximate surface area is 131 Å². The molecule has 0 spiro atoms. The molecule has 0 saturated heterocycles. The highest BCUT2D eigenvalue weighted by molar-refractivity contribution is 6.32. The fourth-order valence-corrected chi connectivity index (χ4v) is 3.46. The summed E-state index contributed by atoms with van der Waals surface area (Å²) in [4.78, 5) is 4.17. The first-order chi connectivity index (χ1) is 10.2. The molecule has 0 atom stereocenters. The van der Waals surface area contributed by atoms with Crippen LogP contribution in [0.4, 0.5) is 5.69 Å². The molecule has 1 aromatic heterocycles. The Morgan fingerprint density at radius 2 is 1.76 bits per heavy atom. The van der Waals surface area contributed by atoms with Crippen molar-refractivity contribution in [3.8, 4) is 0 Å². The Hall–Kier alpha value is -1.54. The van der Waals surface area contributed by atoms with Crippen molar-refractivity contribution in [1.82, 2.24) is 4.98 Å². The first-order valence-corrected chi connectivity index (χ1v) is 8.04. The van der Waals surface area contributed by atoms with Gasteiger partial charge in [-0.25, -0.2) is 4.98 Å². The van der Waals surface area contributed by atoms with Crippen molar-refractivity contribution in [3.63, 3.8) is 0 Å². The number of aromatic nitrogens is 1. The van der Waals surface area contributed by atoms with E-state index in [1.165, 1.54) is 36.8 Å². The maximum Gasteiger partial charge on any atom is 0.152 e. The first-order valence-electron chi connectivity index (χ1n) is 7.66. The van der Waals surface area contributed by atoms with Crippen LogP contribution in [0, 0.1) is 6.92 Å². The molecule has 0 aliphatic heterocycles. The highest BCUT2D eigenvalue weighted by atomic mass is 35.5. The third kappa shape index (κ3) is 3.38. The highest BCUT2D eigenvalue weighted by Gasteiger charge is 2.23. The van der Waals surface area contributed by atoms with Gasteiger partial charge in [0.15, 0.2) is 5.15 Å². The quantitative estimate of drug-likeness (QED) is 0.790. The lowest BCUT2D eigenvalue weighted by Gasteiger charge is -2.30. The molecular formula is C18H21ClN2. The van der Waals surface area contributed by atoms with Crippen LogP contribution in [0.25, 0.3) is 0 Å². The summed E-state index contributed by atoms with van der Waals surface area (Å²) < 4.78 is 0. The standard InChI is InChI=1S/C18H21ClN2/c1-13-11-12-20-18(19)17(13)21-16-9-7-15(8-10-16)14-5-3-2-4-6-14/h2-6,11-12,15-16,21H,7-10H2,1H3. The van der Waals surface area contributed by atoms with Gasteiger partial charge in [0.2, 0.25) is 0 Å². The Morgan fingerprint density at radius 1 is 1.05 bits per heavy atom. The average molecular weight is 301 g/mol. The smallest absolute Gasteiger partial charge is 0.152 e. The van der Waals surface area contributed by atoms with E-state index < -0.39 is 0 Å². The van der Waals surface area contributed by atoms with Crippen LogP contribution in [0.1, 0.15) is 42.7 Å². The van der Waals surface area contributed by atoms with Gasteiger partial charge in [0.1, 0.15) is 0 Å². The lowest BCUT2D eigenvalue weighted by atomic mass is 9.81. The maximum atomic E-state index is 6.20. The highest BCUT2D eigenvalue weighted by Crippen LogP contribution is 2.35. The van der Waals surface area contributed by atoms with Crippen molar-refractivity contribution in [3.05, 3.63) is 58.9 Å². The molecule has 1 aromatic carbocycles. The number of aryl methyl sites for hydroxylation is 1. The van der Waals surface area contributed by atoms with E-state index in [0.29, 0.717) is 17.1 Å². The number of hydrogen-bond donors (Lipinski definition) is 1. The van der Waals surface area contributed by atoms with Gasteiger partial charge in [0, 0.05) is 12.2 Å². The van der Waals surface area contributed by atoms with Crippen molar-refractivity contribution in [1.29, 1.82) is 0 Å². The predicted octanol–water partition coefficient (Wildman–Crippen LogP) is 5.18. The minimum Gasteiger partial charge on any atom is -0.380 e. The molecule has 21 heavy (non-hydrogen) atoms. The molecular weight excluding hydrogens is 280 g/mol. The van der Waals surface area contributed by atoms with E-state index in [-0.39, 0.29) is 0 Å². The Morgan fingerprint density at radius 3 is 2.43 bits per heavy atom. The third-order valence-electron chi connectivity index (χ3n) is 4.46. The summed E-state index contributed by atoms with van der Waals surface area (Å²) in [6.07, 6.45) is 6.60. The molecule has 2 nitrogen and oxygen atoms in total. The van der Waals surface area contributed by atoms with E-state index in [2.05, 4.69) is 47.6 Å². The number of halogens is 1. The molecule has 1 N–H and O–H groups in total. The number of nitrogens with zero attached hydrogens (tertiary/aromatic N) is 1. The molecule has 0 bridgehead atoms. The largest absolute Gasteiger partial charge is 0.380 e. The second-order valence-electron chi connectivity index (χ2n) is 5.90. The van der Waals surface area contributed by atoms with Crippen LogP contribution in [0.5, 0.6) is 0 Å². The van der Waals surface area contributed by atoms with E-state index in [1.807, 2.05) is 6.07 Å². The minimum atomic E-state index is 0.505. The lowest BCUT2D eigenvalue weighted by molar-refractivity contribution is 0.412. The molecule has 1 aliphatic rings. The minimum absolute atomic E-state index is 0.505. The molecule has 3 rings (SSSR count). The van der Waals surface area contributed by atoms with Gasteiger partial charge in [-0.1, -0.05) is 41.9 Å². The normalized spacial score (nSPS) is 22.0. The van der Waals surface area contributed by atoms with Crippen molar-refractivity contribution in [2.24, 2.45) is 0 Å². The van der Waals surface area contributed by atoms with Crippen LogP contribution in [0.15, 0.2) is 42.6 Å². The Balaban J connectivity index is 1.62.